The summed E-state index contributed by atoms with van der Waals surface area (Å²) < 4.78 is 5.80. The number of nitrogens with one attached hydrogen (secondary N) is 2. The zero-order valence-electron chi connectivity index (χ0n) is 17.2. The van der Waals surface area contributed by atoms with Gasteiger partial charge < -0.3 is 14.6 Å². The highest BCUT2D eigenvalue weighted by Crippen LogP contribution is 2.19. The van der Waals surface area contributed by atoms with Crippen molar-refractivity contribution in [1.82, 2.24) is 4.98 Å². The zero-order chi connectivity index (χ0) is 19.9. The van der Waals surface area contributed by atoms with Crippen LogP contribution in [0.15, 0.2) is 53.3 Å². The molecule has 2 N–H and O–H groups in total. The molecule has 0 saturated carbocycles. The number of fused-ring (bicyclic) bond motifs is 1. The van der Waals surface area contributed by atoms with E-state index < -0.39 is 0 Å². The lowest BCUT2D eigenvalue weighted by atomic mass is 10.1. The quantitative estimate of drug-likeness (QED) is 0.558. The van der Waals surface area contributed by atoms with Crippen LogP contribution in [0.4, 0.5) is 0 Å². The molecule has 0 amide bonds. The summed E-state index contributed by atoms with van der Waals surface area (Å²) in [6.07, 6.45) is 2.11. The molecule has 4 heteroatoms. The molecule has 0 bridgehead atoms. The third-order valence-corrected chi connectivity index (χ3v) is 5.27. The molecule has 28 heavy (non-hydrogen) atoms. The summed E-state index contributed by atoms with van der Waals surface area (Å²) in [5, 5.41) is 0.713. The Morgan fingerprint density at radius 2 is 1.82 bits per heavy atom. The summed E-state index contributed by atoms with van der Waals surface area (Å²) in [6.45, 7) is 9.58. The molecule has 1 heterocycles. The summed E-state index contributed by atoms with van der Waals surface area (Å²) in [7, 11) is 0. The second kappa shape index (κ2) is 9.56. The zero-order valence-corrected chi connectivity index (χ0v) is 17.2. The van der Waals surface area contributed by atoms with Crippen LogP contribution >= 0.6 is 0 Å². The van der Waals surface area contributed by atoms with Crippen molar-refractivity contribution in [3.8, 4) is 5.75 Å². The van der Waals surface area contributed by atoms with Crippen LogP contribution in [0, 0.1) is 6.92 Å². The van der Waals surface area contributed by atoms with Crippen LogP contribution in [0.25, 0.3) is 10.9 Å². The Morgan fingerprint density at radius 1 is 1.04 bits per heavy atom. The summed E-state index contributed by atoms with van der Waals surface area (Å²) in [4.78, 5) is 18.0. The third-order valence-electron chi connectivity index (χ3n) is 5.27. The fraction of sp³-hybridized carbons (Fsp3) is 0.375. The van der Waals surface area contributed by atoms with Gasteiger partial charge in [0.2, 0.25) is 0 Å². The Balaban J connectivity index is 1.87. The number of hydrogen-bond acceptors (Lipinski definition) is 2. The van der Waals surface area contributed by atoms with Crippen LogP contribution < -0.4 is 15.1 Å². The maximum Gasteiger partial charge on any atom is 0.198 e. The lowest BCUT2D eigenvalue weighted by Crippen LogP contribution is -3.09. The van der Waals surface area contributed by atoms with Crippen LogP contribution in [0.5, 0.6) is 5.75 Å². The Hall–Kier alpha value is -2.59. The summed E-state index contributed by atoms with van der Waals surface area (Å²) in [5.74, 6) is 0.769. The molecule has 0 saturated heterocycles. The normalized spacial score (nSPS) is 12.2. The molecule has 2 aromatic carbocycles. The molecule has 0 radical (unpaired) electrons. The largest absolute Gasteiger partial charge is 0.494 e. The summed E-state index contributed by atoms with van der Waals surface area (Å²) in [5.41, 5.74) is 4.10. The second-order valence-electron chi connectivity index (χ2n) is 7.41. The van der Waals surface area contributed by atoms with Gasteiger partial charge in [0.15, 0.2) is 5.43 Å². The van der Waals surface area contributed by atoms with Crippen molar-refractivity contribution in [3.05, 3.63) is 75.6 Å². The predicted octanol–water partition coefficient (Wildman–Crippen LogP) is 3.62. The van der Waals surface area contributed by atoms with E-state index in [2.05, 4.69) is 43.1 Å². The van der Waals surface area contributed by atoms with E-state index >= 15 is 0 Å². The standard InChI is InChI=1S/C24H30N2O2/c1-4-6-14-28-20-12-13-23-21(15-20)24(27)22(18(3)25-23)17-26(5-2)16-19-10-8-7-9-11-19/h7-13,15H,4-6,14,16-17H2,1-3H3,(H,25,27)/p+1. The number of ether oxygens (including phenoxy) is 1. The van der Waals surface area contributed by atoms with Crippen LogP contribution in [0.3, 0.4) is 0 Å². The first kappa shape index (κ1) is 20.2. The Kier molecular flexibility index (Phi) is 6.88. The van der Waals surface area contributed by atoms with Crippen LogP contribution in [0.2, 0.25) is 0 Å². The number of benzene rings is 2. The number of aromatic amines is 1. The van der Waals surface area contributed by atoms with Gasteiger partial charge >= 0.3 is 0 Å². The number of H-pyrrole nitrogens is 1. The van der Waals surface area contributed by atoms with Crippen molar-refractivity contribution in [1.29, 1.82) is 0 Å². The fourth-order valence-corrected chi connectivity index (χ4v) is 3.51. The Bertz CT molecular complexity index is 963. The van der Waals surface area contributed by atoms with E-state index in [4.69, 9.17) is 4.74 Å². The Labute approximate surface area is 167 Å². The molecule has 1 atom stereocenters. The maximum atomic E-state index is 13.2. The summed E-state index contributed by atoms with van der Waals surface area (Å²) in [6, 6.07) is 16.2. The van der Waals surface area contributed by atoms with E-state index in [0.29, 0.717) is 18.5 Å². The molecule has 148 valence electrons. The number of aryl methyl sites for hydroxylation is 1. The molecule has 1 unspecified atom stereocenters. The molecule has 3 rings (SSSR count). The topological polar surface area (TPSA) is 46.5 Å². The molecular formula is C24H31N2O2+. The van der Waals surface area contributed by atoms with Gasteiger partial charge in [0.05, 0.1) is 18.7 Å². The number of unbranched alkanes of at least 4 members (excludes halogenated alkanes) is 1. The van der Waals surface area contributed by atoms with E-state index in [1.165, 1.54) is 10.5 Å². The van der Waals surface area contributed by atoms with Crippen LogP contribution in [0.1, 0.15) is 43.5 Å². The number of aromatic nitrogens is 1. The molecule has 0 aliphatic heterocycles. The second-order valence-corrected chi connectivity index (χ2v) is 7.41. The smallest absolute Gasteiger partial charge is 0.198 e. The van der Waals surface area contributed by atoms with Gasteiger partial charge in [-0.3, -0.25) is 4.79 Å². The highest BCUT2D eigenvalue weighted by Gasteiger charge is 2.16. The first-order valence-electron chi connectivity index (χ1n) is 10.3. The maximum absolute atomic E-state index is 13.2. The van der Waals surface area contributed by atoms with Crippen molar-refractivity contribution in [3.63, 3.8) is 0 Å². The Morgan fingerprint density at radius 3 is 2.54 bits per heavy atom. The molecule has 1 aromatic heterocycles. The van der Waals surface area contributed by atoms with E-state index in [-0.39, 0.29) is 5.43 Å². The van der Waals surface area contributed by atoms with E-state index in [1.54, 1.807) is 0 Å². The van der Waals surface area contributed by atoms with Crippen molar-refractivity contribution in [2.75, 3.05) is 13.2 Å². The van der Waals surface area contributed by atoms with Crippen molar-refractivity contribution >= 4 is 10.9 Å². The predicted molar refractivity (Wildman–Crippen MR) is 115 cm³/mol. The van der Waals surface area contributed by atoms with Gasteiger partial charge in [0, 0.05) is 22.2 Å². The van der Waals surface area contributed by atoms with Gasteiger partial charge in [-0.2, -0.15) is 0 Å². The molecule has 4 nitrogen and oxygen atoms in total. The number of quaternary nitrogens is 1. The molecule has 3 aromatic rings. The fourth-order valence-electron chi connectivity index (χ4n) is 3.51. The molecule has 0 spiro atoms. The van der Waals surface area contributed by atoms with Crippen LogP contribution in [-0.4, -0.2) is 18.1 Å². The van der Waals surface area contributed by atoms with E-state index in [0.717, 1.165) is 48.5 Å². The molecule has 0 fully saturated rings. The average Bonchev–Trinajstić information content (AvgIpc) is 2.71. The minimum atomic E-state index is 0.117. The van der Waals surface area contributed by atoms with Gasteiger partial charge in [-0.15, -0.1) is 0 Å². The monoisotopic (exact) mass is 379 g/mol. The van der Waals surface area contributed by atoms with E-state index in [1.807, 2.05) is 31.2 Å². The number of hydrogen-bond donors (Lipinski definition) is 2. The summed E-state index contributed by atoms with van der Waals surface area (Å²) >= 11 is 0. The van der Waals surface area contributed by atoms with Gasteiger partial charge in [-0.1, -0.05) is 43.7 Å². The molecular weight excluding hydrogens is 348 g/mol. The lowest BCUT2D eigenvalue weighted by Gasteiger charge is -2.19. The van der Waals surface area contributed by atoms with Crippen molar-refractivity contribution in [2.24, 2.45) is 0 Å². The van der Waals surface area contributed by atoms with Gasteiger partial charge in [0.1, 0.15) is 18.8 Å². The minimum Gasteiger partial charge on any atom is -0.494 e. The van der Waals surface area contributed by atoms with Gasteiger partial charge in [-0.05, 0) is 38.5 Å². The number of rotatable bonds is 9. The van der Waals surface area contributed by atoms with Crippen molar-refractivity contribution in [2.45, 2.75) is 46.7 Å². The first-order valence-corrected chi connectivity index (χ1v) is 10.3. The van der Waals surface area contributed by atoms with E-state index in [9.17, 15) is 4.79 Å². The highest BCUT2D eigenvalue weighted by atomic mass is 16.5. The third kappa shape index (κ3) is 4.82. The first-order chi connectivity index (χ1) is 13.6. The molecule has 0 aliphatic carbocycles. The average molecular weight is 380 g/mol. The SMILES string of the molecule is CCCCOc1ccc2[nH]c(C)c(C[NH+](CC)Cc3ccccc3)c(=O)c2c1. The molecule has 0 aliphatic rings. The number of pyridine rings is 1. The van der Waals surface area contributed by atoms with Crippen LogP contribution in [-0.2, 0) is 13.1 Å². The van der Waals surface area contributed by atoms with Crippen molar-refractivity contribution < 1.29 is 9.64 Å². The van der Waals surface area contributed by atoms with Gasteiger partial charge in [-0.25, -0.2) is 0 Å². The minimum absolute atomic E-state index is 0.117. The lowest BCUT2D eigenvalue weighted by molar-refractivity contribution is -0.925. The van der Waals surface area contributed by atoms with Gasteiger partial charge in [0.25, 0.3) is 0 Å². The highest BCUT2D eigenvalue weighted by molar-refractivity contribution is 5.81.